The number of halogens is 1. The van der Waals surface area contributed by atoms with Crippen molar-refractivity contribution in [1.82, 2.24) is 34.3 Å². The largest absolute Gasteiger partial charge is 0.376 e. The predicted molar refractivity (Wildman–Crippen MR) is 183 cm³/mol. The van der Waals surface area contributed by atoms with E-state index in [1.165, 1.54) is 0 Å². The van der Waals surface area contributed by atoms with E-state index in [-0.39, 0.29) is 28.9 Å². The highest BCUT2D eigenvalue weighted by Gasteiger charge is 2.51. The van der Waals surface area contributed by atoms with Crippen LogP contribution in [0.15, 0.2) is 24.5 Å². The second-order valence-corrected chi connectivity index (χ2v) is 18.6. The molecule has 1 N–H and O–H groups in total. The fraction of sp³-hybridized carbons (Fsp3) is 0.613. The number of rotatable bonds is 7. The van der Waals surface area contributed by atoms with Crippen LogP contribution in [0.25, 0.3) is 27.8 Å². The van der Waals surface area contributed by atoms with Gasteiger partial charge in [0.1, 0.15) is 17.8 Å². The molecule has 15 heteroatoms. The van der Waals surface area contributed by atoms with Crippen LogP contribution in [0.2, 0.25) is 5.02 Å². The van der Waals surface area contributed by atoms with Crippen LogP contribution in [0.1, 0.15) is 67.0 Å². The van der Waals surface area contributed by atoms with Gasteiger partial charge in [-0.3, -0.25) is 8.86 Å². The molecule has 0 aliphatic carbocycles. The van der Waals surface area contributed by atoms with E-state index in [9.17, 15) is 8.42 Å². The Morgan fingerprint density at radius 1 is 1.07 bits per heavy atom. The number of benzene rings is 1. The van der Waals surface area contributed by atoms with Crippen molar-refractivity contribution in [3.63, 3.8) is 0 Å². The second kappa shape index (κ2) is 12.2. The summed E-state index contributed by atoms with van der Waals surface area (Å²) in [6.45, 7) is 15.6. The number of anilines is 1. The zero-order chi connectivity index (χ0) is 33.2. The first-order valence-corrected chi connectivity index (χ1v) is 18.1. The van der Waals surface area contributed by atoms with Crippen LogP contribution in [-0.2, 0) is 44.6 Å². The predicted octanol–water partition coefficient (Wildman–Crippen LogP) is 4.76. The topological polar surface area (TPSA) is 129 Å². The monoisotopic (exact) mass is 690 g/mol. The van der Waals surface area contributed by atoms with Gasteiger partial charge in [0.25, 0.3) is 0 Å². The number of hydrogen-bond donors (Lipinski definition) is 1. The van der Waals surface area contributed by atoms with Crippen LogP contribution in [0.5, 0.6) is 0 Å². The highest BCUT2D eigenvalue weighted by atomic mass is 35.5. The van der Waals surface area contributed by atoms with Gasteiger partial charge < -0.3 is 9.64 Å². The first kappa shape index (κ1) is 33.4. The smallest absolute Gasteiger partial charge is 0.182 e. The molecule has 0 bridgehead atoms. The molecular formula is C31H43ClN8O4S2. The Morgan fingerprint density at radius 2 is 1.78 bits per heavy atom. The minimum absolute atomic E-state index is 0.0123. The van der Waals surface area contributed by atoms with Crippen LogP contribution in [0, 0.1) is 5.41 Å². The van der Waals surface area contributed by atoms with E-state index in [0.717, 1.165) is 23.7 Å². The molecule has 1 spiro atoms. The molecule has 2 aliphatic rings. The molecular weight excluding hydrogens is 648 g/mol. The molecule has 2 unspecified atom stereocenters. The van der Waals surface area contributed by atoms with Crippen molar-refractivity contribution >= 4 is 61.6 Å². The molecule has 2 saturated heterocycles. The third-order valence-electron chi connectivity index (χ3n) is 8.91. The lowest BCUT2D eigenvalue weighted by Gasteiger charge is -2.43. The summed E-state index contributed by atoms with van der Waals surface area (Å²) < 4.78 is 44.0. The minimum Gasteiger partial charge on any atom is -0.376 e. The molecule has 6 rings (SSSR count). The summed E-state index contributed by atoms with van der Waals surface area (Å²) >= 11 is 5.33. The SMILES string of the molecule is C[C@@H]1OCC2(CCN(c3nc4cnn(-c5ccc6cnn(C)c6c5Cl)c4nc3COS(=O)C(C)(C)C)CC2)[C@@H]1NS(=O)C(C)(C)C. The average Bonchev–Trinajstić information content (AvgIpc) is 3.67. The van der Waals surface area contributed by atoms with E-state index in [4.69, 9.17) is 30.5 Å². The van der Waals surface area contributed by atoms with Gasteiger partial charge in [-0.2, -0.15) is 10.2 Å². The molecule has 2 aliphatic heterocycles. The van der Waals surface area contributed by atoms with Gasteiger partial charge >= 0.3 is 0 Å². The van der Waals surface area contributed by atoms with Crippen LogP contribution >= 0.6 is 11.6 Å². The maximum Gasteiger partial charge on any atom is 0.182 e. The Hall–Kier alpha value is -2.49. The van der Waals surface area contributed by atoms with Crippen molar-refractivity contribution in [2.24, 2.45) is 12.5 Å². The number of nitrogens with one attached hydrogen (secondary N) is 1. The van der Waals surface area contributed by atoms with E-state index in [1.54, 1.807) is 21.8 Å². The third kappa shape index (κ3) is 6.12. The van der Waals surface area contributed by atoms with Gasteiger partial charge in [-0.1, -0.05) is 11.6 Å². The Bertz CT molecular complexity index is 1820. The average molecular weight is 691 g/mol. The molecule has 0 amide bonds. The lowest BCUT2D eigenvalue weighted by molar-refractivity contribution is 0.0973. The van der Waals surface area contributed by atoms with Gasteiger partial charge in [-0.25, -0.2) is 27.8 Å². The van der Waals surface area contributed by atoms with Gasteiger partial charge in [-0.15, -0.1) is 0 Å². The fourth-order valence-corrected chi connectivity index (χ4v) is 8.14. The molecule has 4 atom stereocenters. The molecule has 1 aromatic carbocycles. The number of nitrogens with zero attached hydrogens (tertiary/aromatic N) is 7. The number of aryl methyl sites for hydroxylation is 1. The number of piperidine rings is 1. The summed E-state index contributed by atoms with van der Waals surface area (Å²) in [7, 11) is 0.635. The molecule has 5 heterocycles. The van der Waals surface area contributed by atoms with Crippen molar-refractivity contribution in [3.8, 4) is 5.69 Å². The van der Waals surface area contributed by atoms with E-state index < -0.39 is 26.8 Å². The van der Waals surface area contributed by atoms with Crippen molar-refractivity contribution in [1.29, 1.82) is 0 Å². The van der Waals surface area contributed by atoms with Crippen molar-refractivity contribution < 1.29 is 17.3 Å². The Balaban J connectivity index is 1.34. The molecule has 12 nitrogen and oxygen atoms in total. The first-order valence-electron chi connectivity index (χ1n) is 15.5. The normalized spacial score (nSPS) is 21.9. The molecule has 46 heavy (non-hydrogen) atoms. The lowest BCUT2D eigenvalue weighted by Crippen LogP contribution is -2.55. The van der Waals surface area contributed by atoms with Gasteiger partial charge in [0, 0.05) is 30.9 Å². The highest BCUT2D eigenvalue weighted by molar-refractivity contribution is 7.84. The van der Waals surface area contributed by atoms with Crippen LogP contribution < -0.4 is 9.62 Å². The van der Waals surface area contributed by atoms with Crippen LogP contribution in [-0.4, -0.2) is 79.3 Å². The van der Waals surface area contributed by atoms with Gasteiger partial charge in [0.15, 0.2) is 22.5 Å². The quantitative estimate of drug-likeness (QED) is 0.292. The van der Waals surface area contributed by atoms with Crippen molar-refractivity contribution in [3.05, 3.63) is 35.2 Å². The molecule has 0 radical (unpaired) electrons. The molecule has 3 aromatic heterocycles. The van der Waals surface area contributed by atoms with Crippen LogP contribution in [0.4, 0.5) is 5.82 Å². The summed E-state index contributed by atoms with van der Waals surface area (Å²) in [6, 6.07) is 3.82. The van der Waals surface area contributed by atoms with E-state index in [0.29, 0.717) is 53.1 Å². The fourth-order valence-electron chi connectivity index (χ4n) is 6.17. The second-order valence-electron chi connectivity index (χ2n) is 14.3. The standard InChI is InChI=1S/C31H43ClN8O4S2/c1-19-26(37-45(41)29(2,3)4)31(18-43-19)11-13-39(14-12-31)27-22(17-44-46(42)30(5,6)7)36-28-21(35-27)16-34-40(28)23-10-9-20-15-33-38(8)25(20)24(23)32/h9-10,15-16,19,26,37H,11-14,17-18H2,1-8H3/t19-,26+,45?,46?/m0/s1. The molecule has 250 valence electrons. The Kier molecular flexibility index (Phi) is 8.86. The number of fused-ring (bicyclic) bond motifs is 2. The zero-order valence-electron chi connectivity index (χ0n) is 27.7. The minimum atomic E-state index is -1.56. The maximum absolute atomic E-state index is 13.1. The van der Waals surface area contributed by atoms with Gasteiger partial charge in [0.05, 0.1) is 67.9 Å². The summed E-state index contributed by atoms with van der Waals surface area (Å²) in [4.78, 5) is 12.3. The first-order chi connectivity index (χ1) is 21.6. The Labute approximate surface area is 279 Å². The summed E-state index contributed by atoms with van der Waals surface area (Å²) in [5.41, 5.74) is 3.00. The van der Waals surface area contributed by atoms with Crippen molar-refractivity contribution in [2.75, 3.05) is 24.6 Å². The molecule has 4 aromatic rings. The van der Waals surface area contributed by atoms with E-state index >= 15 is 0 Å². The van der Waals surface area contributed by atoms with Gasteiger partial charge in [-0.05, 0) is 73.4 Å². The zero-order valence-corrected chi connectivity index (χ0v) is 30.1. The molecule has 0 saturated carbocycles. The van der Waals surface area contributed by atoms with Crippen LogP contribution in [0.3, 0.4) is 0 Å². The Morgan fingerprint density at radius 3 is 2.46 bits per heavy atom. The van der Waals surface area contributed by atoms with E-state index in [2.05, 4.69) is 26.7 Å². The number of aromatic nitrogens is 6. The lowest BCUT2D eigenvalue weighted by atomic mass is 9.73. The van der Waals surface area contributed by atoms with Gasteiger partial charge in [0.2, 0.25) is 0 Å². The molecule has 2 fully saturated rings. The summed E-state index contributed by atoms with van der Waals surface area (Å²) in [6.07, 6.45) is 5.06. The summed E-state index contributed by atoms with van der Waals surface area (Å²) in [5, 5.41) is 10.4. The van der Waals surface area contributed by atoms with E-state index in [1.807, 2.05) is 60.7 Å². The maximum atomic E-state index is 13.1. The number of ether oxygens (including phenoxy) is 1. The third-order valence-corrected chi connectivity index (χ3v) is 12.2. The highest BCUT2D eigenvalue weighted by Crippen LogP contribution is 2.44. The number of hydrogen-bond acceptors (Lipinski definition) is 9. The summed E-state index contributed by atoms with van der Waals surface area (Å²) in [5.74, 6) is 0.677. The van der Waals surface area contributed by atoms with Crippen molar-refractivity contribution in [2.45, 2.75) is 89.6 Å².